The molecule has 1 aromatic carbocycles. The number of nitrogens with zero attached hydrogens (tertiary/aromatic N) is 2. The molecule has 3 N–H and O–H groups in total. The highest BCUT2D eigenvalue weighted by atomic mass is 32.2. The van der Waals surface area contributed by atoms with Gasteiger partial charge in [-0.15, -0.1) is 0 Å². The molecule has 0 fully saturated rings. The zero-order chi connectivity index (χ0) is 14.2. The van der Waals surface area contributed by atoms with Gasteiger partial charge in [0.25, 0.3) is 0 Å². The summed E-state index contributed by atoms with van der Waals surface area (Å²) in [6.45, 7) is 3.82. The van der Waals surface area contributed by atoms with E-state index in [0.717, 1.165) is 17.1 Å². The molecule has 0 saturated carbocycles. The largest absolute Gasteiger partial charge is 0.398 e. The number of anilines is 1. The maximum absolute atomic E-state index is 11.7. The molecule has 19 heavy (non-hydrogen) atoms. The van der Waals surface area contributed by atoms with Crippen LogP contribution >= 0.6 is 0 Å². The van der Waals surface area contributed by atoms with Crippen molar-refractivity contribution in [2.24, 2.45) is 0 Å². The second-order valence-electron chi connectivity index (χ2n) is 4.27. The van der Waals surface area contributed by atoms with E-state index < -0.39 is 10.0 Å². The Labute approximate surface area is 112 Å². The lowest BCUT2D eigenvalue weighted by Gasteiger charge is -2.09. The van der Waals surface area contributed by atoms with Crippen LogP contribution in [0.4, 0.5) is 5.69 Å². The lowest BCUT2D eigenvalue weighted by atomic mass is 10.3. The summed E-state index contributed by atoms with van der Waals surface area (Å²) < 4.78 is 27.4. The number of aromatic nitrogens is 2. The fourth-order valence-electron chi connectivity index (χ4n) is 1.91. The van der Waals surface area contributed by atoms with Crippen LogP contribution in [0.25, 0.3) is 5.69 Å². The smallest absolute Gasteiger partial charge is 0.242 e. The maximum Gasteiger partial charge on any atom is 0.242 e. The first-order valence-electron chi connectivity index (χ1n) is 5.72. The van der Waals surface area contributed by atoms with E-state index in [1.165, 1.54) is 13.1 Å². The van der Waals surface area contributed by atoms with Gasteiger partial charge in [-0.2, -0.15) is 5.10 Å². The lowest BCUT2D eigenvalue weighted by molar-refractivity contribution is 0.588. The van der Waals surface area contributed by atoms with Gasteiger partial charge in [0.05, 0.1) is 17.1 Å². The van der Waals surface area contributed by atoms with Crippen LogP contribution < -0.4 is 10.5 Å². The van der Waals surface area contributed by atoms with E-state index in [1.807, 2.05) is 19.9 Å². The summed E-state index contributed by atoms with van der Waals surface area (Å²) in [5.74, 6) is 0. The van der Waals surface area contributed by atoms with Crippen LogP contribution in [0.3, 0.4) is 0 Å². The molecule has 0 radical (unpaired) electrons. The third-order valence-corrected chi connectivity index (χ3v) is 4.29. The van der Waals surface area contributed by atoms with E-state index in [0.29, 0.717) is 0 Å². The van der Waals surface area contributed by atoms with E-state index in [9.17, 15) is 8.42 Å². The van der Waals surface area contributed by atoms with E-state index in [1.54, 1.807) is 16.8 Å². The first-order valence-corrected chi connectivity index (χ1v) is 7.20. The van der Waals surface area contributed by atoms with Gasteiger partial charge in [-0.1, -0.05) is 0 Å². The van der Waals surface area contributed by atoms with E-state index in [-0.39, 0.29) is 10.6 Å². The van der Waals surface area contributed by atoms with Crippen LogP contribution in [0.15, 0.2) is 29.2 Å². The zero-order valence-corrected chi connectivity index (χ0v) is 11.8. The van der Waals surface area contributed by atoms with Crippen LogP contribution in [0.5, 0.6) is 0 Å². The van der Waals surface area contributed by atoms with Crippen molar-refractivity contribution >= 4 is 15.7 Å². The molecule has 7 heteroatoms. The van der Waals surface area contributed by atoms with Crippen molar-refractivity contribution in [2.75, 3.05) is 12.8 Å². The molecule has 0 aliphatic carbocycles. The Bertz CT molecular complexity index is 719. The molecule has 0 aliphatic heterocycles. The first-order chi connectivity index (χ1) is 8.85. The minimum atomic E-state index is -3.54. The Balaban J connectivity index is 2.54. The van der Waals surface area contributed by atoms with Gasteiger partial charge in [0, 0.05) is 5.69 Å². The number of benzene rings is 1. The first kappa shape index (κ1) is 13.6. The molecule has 0 bridgehead atoms. The van der Waals surface area contributed by atoms with Gasteiger partial charge in [-0.25, -0.2) is 17.8 Å². The molecular weight excluding hydrogens is 264 g/mol. The van der Waals surface area contributed by atoms with Crippen LogP contribution in [0.2, 0.25) is 0 Å². The Kier molecular flexibility index (Phi) is 3.34. The molecule has 2 aromatic rings. The summed E-state index contributed by atoms with van der Waals surface area (Å²) in [6, 6.07) is 6.70. The molecule has 6 nitrogen and oxygen atoms in total. The second-order valence-corrected chi connectivity index (χ2v) is 6.12. The Morgan fingerprint density at radius 3 is 2.42 bits per heavy atom. The van der Waals surface area contributed by atoms with Gasteiger partial charge in [0.1, 0.15) is 4.90 Å². The average molecular weight is 280 g/mol. The van der Waals surface area contributed by atoms with Crippen molar-refractivity contribution < 1.29 is 8.42 Å². The van der Waals surface area contributed by atoms with Crippen molar-refractivity contribution in [2.45, 2.75) is 18.7 Å². The molecule has 2 rings (SSSR count). The number of hydrogen-bond donors (Lipinski definition) is 2. The molecule has 0 spiro atoms. The number of aryl methyl sites for hydroxylation is 2. The van der Waals surface area contributed by atoms with Crippen LogP contribution in [0, 0.1) is 13.8 Å². The zero-order valence-electron chi connectivity index (χ0n) is 11.0. The molecule has 1 heterocycles. The van der Waals surface area contributed by atoms with Gasteiger partial charge in [0.2, 0.25) is 10.0 Å². The quantitative estimate of drug-likeness (QED) is 0.820. The monoisotopic (exact) mass is 280 g/mol. The van der Waals surface area contributed by atoms with Crippen molar-refractivity contribution in [3.8, 4) is 5.69 Å². The minimum absolute atomic E-state index is 0.0697. The molecule has 0 unspecified atom stereocenters. The standard InChI is InChI=1S/C12H16N4O2S/c1-8-6-9(2)16(15-8)10-4-5-12(11(13)7-10)19(17,18)14-3/h4-7,14H,13H2,1-3H3. The van der Waals surface area contributed by atoms with E-state index in [2.05, 4.69) is 9.82 Å². The molecule has 0 atom stereocenters. The molecule has 0 amide bonds. The molecule has 0 aliphatic rings. The van der Waals surface area contributed by atoms with E-state index >= 15 is 0 Å². The Morgan fingerprint density at radius 2 is 1.95 bits per heavy atom. The van der Waals surface area contributed by atoms with Gasteiger partial charge < -0.3 is 5.73 Å². The number of nitrogens with two attached hydrogens (primary N) is 1. The Hall–Kier alpha value is -1.86. The number of nitrogens with one attached hydrogen (secondary N) is 1. The van der Waals surface area contributed by atoms with Crippen molar-refractivity contribution in [1.29, 1.82) is 0 Å². The van der Waals surface area contributed by atoms with Crippen molar-refractivity contribution in [3.05, 3.63) is 35.7 Å². The predicted octanol–water partition coefficient (Wildman–Crippen LogP) is 0.979. The SMILES string of the molecule is CNS(=O)(=O)c1ccc(-n2nc(C)cc2C)cc1N. The summed E-state index contributed by atoms with van der Waals surface area (Å²) in [7, 11) is -2.19. The van der Waals surface area contributed by atoms with E-state index in [4.69, 9.17) is 5.73 Å². The highest BCUT2D eigenvalue weighted by Gasteiger charge is 2.16. The molecule has 102 valence electrons. The highest BCUT2D eigenvalue weighted by molar-refractivity contribution is 7.89. The number of sulfonamides is 1. The Morgan fingerprint density at radius 1 is 1.26 bits per heavy atom. The average Bonchev–Trinajstić information content (AvgIpc) is 2.68. The fraction of sp³-hybridized carbons (Fsp3) is 0.250. The summed E-state index contributed by atoms with van der Waals surface area (Å²) in [5.41, 5.74) is 8.60. The van der Waals surface area contributed by atoms with Gasteiger partial charge in [-0.05, 0) is 45.2 Å². The molecular formula is C12H16N4O2S. The minimum Gasteiger partial charge on any atom is -0.398 e. The molecule has 1 aromatic heterocycles. The summed E-state index contributed by atoms with van der Waals surface area (Å²) >= 11 is 0. The van der Waals surface area contributed by atoms with Crippen LogP contribution in [-0.4, -0.2) is 25.2 Å². The maximum atomic E-state index is 11.7. The summed E-state index contributed by atoms with van der Waals surface area (Å²) in [6.07, 6.45) is 0. The normalized spacial score (nSPS) is 11.7. The van der Waals surface area contributed by atoms with Crippen molar-refractivity contribution in [3.63, 3.8) is 0 Å². The highest BCUT2D eigenvalue weighted by Crippen LogP contribution is 2.22. The summed E-state index contributed by atoms with van der Waals surface area (Å²) in [5, 5.41) is 4.33. The fourth-order valence-corrected chi connectivity index (χ4v) is 2.75. The topological polar surface area (TPSA) is 90.0 Å². The summed E-state index contributed by atoms with van der Waals surface area (Å²) in [4.78, 5) is 0.0697. The second kappa shape index (κ2) is 4.67. The van der Waals surface area contributed by atoms with Crippen LogP contribution in [-0.2, 0) is 10.0 Å². The third-order valence-electron chi connectivity index (χ3n) is 2.81. The third kappa shape index (κ3) is 2.47. The van der Waals surface area contributed by atoms with Crippen LogP contribution in [0.1, 0.15) is 11.4 Å². The van der Waals surface area contributed by atoms with Crippen molar-refractivity contribution in [1.82, 2.24) is 14.5 Å². The molecule has 0 saturated heterocycles. The van der Waals surface area contributed by atoms with Gasteiger partial charge in [0.15, 0.2) is 0 Å². The number of hydrogen-bond acceptors (Lipinski definition) is 4. The lowest BCUT2D eigenvalue weighted by Crippen LogP contribution is -2.20. The number of nitrogen functional groups attached to an aromatic ring is 1. The predicted molar refractivity (Wildman–Crippen MR) is 73.7 cm³/mol. The van der Waals surface area contributed by atoms with Gasteiger partial charge >= 0.3 is 0 Å². The number of rotatable bonds is 3. The van der Waals surface area contributed by atoms with Gasteiger partial charge in [-0.3, -0.25) is 0 Å².